The van der Waals surface area contributed by atoms with E-state index in [1.165, 1.54) is 0 Å². The third-order valence-corrected chi connectivity index (χ3v) is 7.20. The third-order valence-electron chi connectivity index (χ3n) is 6.94. The molecule has 31 heavy (non-hydrogen) atoms. The van der Waals surface area contributed by atoms with Gasteiger partial charge < -0.3 is 21.5 Å². The number of nitrogens with two attached hydrogens (primary N) is 1. The highest BCUT2D eigenvalue weighted by atomic mass is 35.5. The standard InChI is InChI=1S/C24H31ClN4O2/c25-19-7-5-18(6-8-19)24(11-12-24)23(31)28-15-21(26)16-1-3-17(4-2-16)22(30)29-20-9-13-27-14-10-20/h5-10,13-14,16-17,21-22,30H,1-4,11-12,15,26H2,(H,27,29)(H,28,31). The lowest BCUT2D eigenvalue weighted by Gasteiger charge is -2.35. The maximum Gasteiger partial charge on any atom is 0.230 e. The van der Waals surface area contributed by atoms with E-state index < -0.39 is 11.6 Å². The Hall–Kier alpha value is -2.15. The van der Waals surface area contributed by atoms with Gasteiger partial charge in [-0.25, -0.2) is 0 Å². The number of nitrogens with one attached hydrogen (secondary N) is 2. The first-order chi connectivity index (χ1) is 15.0. The van der Waals surface area contributed by atoms with Crippen LogP contribution < -0.4 is 16.4 Å². The van der Waals surface area contributed by atoms with Crippen LogP contribution in [0, 0.1) is 11.8 Å². The Morgan fingerprint density at radius 2 is 1.71 bits per heavy atom. The van der Waals surface area contributed by atoms with Crippen molar-refractivity contribution in [2.45, 2.75) is 56.2 Å². The Balaban J connectivity index is 1.22. The zero-order valence-electron chi connectivity index (χ0n) is 17.6. The number of aliphatic hydroxyl groups excluding tert-OH is 1. The van der Waals surface area contributed by atoms with Crippen LogP contribution in [-0.4, -0.2) is 34.8 Å². The summed E-state index contributed by atoms with van der Waals surface area (Å²) in [5, 5.41) is 17.5. The van der Waals surface area contributed by atoms with Gasteiger partial charge in [0.2, 0.25) is 5.91 Å². The minimum Gasteiger partial charge on any atom is -0.374 e. The van der Waals surface area contributed by atoms with E-state index in [4.69, 9.17) is 17.3 Å². The van der Waals surface area contributed by atoms with Gasteiger partial charge in [-0.2, -0.15) is 0 Å². The maximum absolute atomic E-state index is 12.9. The van der Waals surface area contributed by atoms with Crippen LogP contribution in [0.15, 0.2) is 48.8 Å². The minimum atomic E-state index is -0.576. The number of hydrogen-bond acceptors (Lipinski definition) is 5. The molecule has 0 saturated heterocycles. The molecular weight excluding hydrogens is 412 g/mol. The molecule has 0 spiro atoms. The predicted octanol–water partition coefficient (Wildman–Crippen LogP) is 3.45. The van der Waals surface area contributed by atoms with Gasteiger partial charge in [0.25, 0.3) is 0 Å². The van der Waals surface area contributed by atoms with Gasteiger partial charge in [-0.3, -0.25) is 9.78 Å². The lowest BCUT2D eigenvalue weighted by molar-refractivity contribution is -0.123. The number of aromatic nitrogens is 1. The van der Waals surface area contributed by atoms with Gasteiger partial charge in [-0.05, 0) is 74.3 Å². The Bertz CT molecular complexity index is 865. The van der Waals surface area contributed by atoms with Crippen molar-refractivity contribution in [3.63, 3.8) is 0 Å². The molecule has 4 rings (SSSR count). The van der Waals surface area contributed by atoms with E-state index in [1.807, 2.05) is 36.4 Å². The van der Waals surface area contributed by atoms with Crippen molar-refractivity contribution < 1.29 is 9.90 Å². The maximum atomic E-state index is 12.9. The number of anilines is 1. The van der Waals surface area contributed by atoms with E-state index in [0.29, 0.717) is 17.5 Å². The van der Waals surface area contributed by atoms with Gasteiger partial charge >= 0.3 is 0 Å². The molecule has 1 amide bonds. The van der Waals surface area contributed by atoms with Crippen molar-refractivity contribution >= 4 is 23.2 Å². The lowest BCUT2D eigenvalue weighted by Crippen LogP contribution is -2.46. The second-order valence-corrected chi connectivity index (χ2v) is 9.40. The fourth-order valence-corrected chi connectivity index (χ4v) is 4.84. The number of nitrogens with zero attached hydrogens (tertiary/aromatic N) is 1. The molecule has 2 atom stereocenters. The van der Waals surface area contributed by atoms with E-state index in [-0.39, 0.29) is 17.9 Å². The Kier molecular flexibility index (Phi) is 6.80. The molecule has 2 saturated carbocycles. The van der Waals surface area contributed by atoms with Crippen LogP contribution >= 0.6 is 11.6 Å². The number of halogens is 1. The van der Waals surface area contributed by atoms with Gasteiger partial charge in [0, 0.05) is 41.6 Å². The number of benzene rings is 1. The predicted molar refractivity (Wildman–Crippen MR) is 123 cm³/mol. The number of carbonyl (C=O) groups excluding carboxylic acids is 1. The van der Waals surface area contributed by atoms with Crippen molar-refractivity contribution in [1.82, 2.24) is 10.3 Å². The molecule has 5 N–H and O–H groups in total. The van der Waals surface area contributed by atoms with Crippen molar-refractivity contribution in [2.75, 3.05) is 11.9 Å². The SMILES string of the molecule is NC(CNC(=O)C1(c2ccc(Cl)cc2)CC1)C1CCC(C(O)Nc2ccncc2)CC1. The summed E-state index contributed by atoms with van der Waals surface area (Å²) in [6.45, 7) is 0.487. The average Bonchev–Trinajstić information content (AvgIpc) is 3.60. The van der Waals surface area contributed by atoms with Crippen molar-refractivity contribution in [3.8, 4) is 0 Å². The number of carbonyl (C=O) groups is 1. The van der Waals surface area contributed by atoms with Gasteiger partial charge in [0.15, 0.2) is 0 Å². The van der Waals surface area contributed by atoms with Crippen LogP contribution in [0.5, 0.6) is 0 Å². The summed E-state index contributed by atoms with van der Waals surface area (Å²) in [6.07, 6.45) is 8.31. The largest absolute Gasteiger partial charge is 0.374 e. The molecule has 166 valence electrons. The van der Waals surface area contributed by atoms with Crippen LogP contribution in [0.4, 0.5) is 5.69 Å². The van der Waals surface area contributed by atoms with Crippen LogP contribution in [-0.2, 0) is 10.2 Å². The van der Waals surface area contributed by atoms with E-state index in [0.717, 1.165) is 49.8 Å². The number of amides is 1. The second-order valence-electron chi connectivity index (χ2n) is 8.96. The summed E-state index contributed by atoms with van der Waals surface area (Å²) in [5.41, 5.74) is 7.94. The molecule has 7 heteroatoms. The third kappa shape index (κ3) is 5.20. The smallest absolute Gasteiger partial charge is 0.230 e. The summed E-state index contributed by atoms with van der Waals surface area (Å²) < 4.78 is 0. The highest BCUT2D eigenvalue weighted by Crippen LogP contribution is 2.48. The fourth-order valence-electron chi connectivity index (χ4n) is 4.71. The molecule has 0 radical (unpaired) electrons. The van der Waals surface area contributed by atoms with E-state index in [2.05, 4.69) is 15.6 Å². The van der Waals surface area contributed by atoms with E-state index >= 15 is 0 Å². The lowest BCUT2D eigenvalue weighted by atomic mass is 9.78. The molecule has 1 heterocycles. The van der Waals surface area contributed by atoms with Crippen LogP contribution in [0.2, 0.25) is 5.02 Å². The Morgan fingerprint density at radius 3 is 2.32 bits per heavy atom. The number of aliphatic hydroxyl groups is 1. The normalized spacial score (nSPS) is 24.1. The average molecular weight is 443 g/mol. The minimum absolute atomic E-state index is 0.0657. The molecule has 2 aliphatic carbocycles. The Morgan fingerprint density at radius 1 is 1.10 bits per heavy atom. The summed E-state index contributed by atoms with van der Waals surface area (Å²) in [6, 6.07) is 11.2. The number of hydrogen-bond donors (Lipinski definition) is 4. The first kappa shape index (κ1) is 22.1. The molecule has 0 aliphatic heterocycles. The summed E-state index contributed by atoms with van der Waals surface area (Å²) in [4.78, 5) is 16.9. The molecule has 2 unspecified atom stereocenters. The molecule has 1 aromatic heterocycles. The highest BCUT2D eigenvalue weighted by Gasteiger charge is 2.51. The first-order valence-corrected chi connectivity index (χ1v) is 11.5. The van der Waals surface area contributed by atoms with E-state index in [9.17, 15) is 9.90 Å². The number of rotatable bonds is 8. The summed E-state index contributed by atoms with van der Waals surface area (Å²) in [7, 11) is 0. The van der Waals surface area contributed by atoms with Crippen LogP contribution in [0.3, 0.4) is 0 Å². The number of pyridine rings is 1. The summed E-state index contributed by atoms with van der Waals surface area (Å²) in [5.74, 6) is 0.622. The molecule has 2 fully saturated rings. The topological polar surface area (TPSA) is 100 Å². The Labute approximate surface area is 188 Å². The second kappa shape index (κ2) is 9.55. The van der Waals surface area contributed by atoms with Gasteiger partial charge in [0.1, 0.15) is 6.23 Å². The van der Waals surface area contributed by atoms with Crippen LogP contribution in [0.1, 0.15) is 44.1 Å². The van der Waals surface area contributed by atoms with Crippen LogP contribution in [0.25, 0.3) is 0 Å². The molecule has 1 aromatic carbocycles. The van der Waals surface area contributed by atoms with Crippen molar-refractivity contribution in [3.05, 3.63) is 59.4 Å². The monoisotopic (exact) mass is 442 g/mol. The quantitative estimate of drug-likeness (QED) is 0.469. The van der Waals surface area contributed by atoms with E-state index in [1.54, 1.807) is 12.4 Å². The van der Waals surface area contributed by atoms with Crippen molar-refractivity contribution in [1.29, 1.82) is 0 Å². The van der Waals surface area contributed by atoms with Crippen molar-refractivity contribution in [2.24, 2.45) is 17.6 Å². The molecule has 0 bridgehead atoms. The molecular formula is C24H31ClN4O2. The summed E-state index contributed by atoms with van der Waals surface area (Å²) >= 11 is 5.98. The molecule has 6 nitrogen and oxygen atoms in total. The molecule has 2 aromatic rings. The fraction of sp³-hybridized carbons (Fsp3) is 0.500. The molecule has 2 aliphatic rings. The van der Waals surface area contributed by atoms with Gasteiger partial charge in [-0.15, -0.1) is 0 Å². The zero-order valence-corrected chi connectivity index (χ0v) is 18.4. The highest BCUT2D eigenvalue weighted by molar-refractivity contribution is 6.30. The zero-order chi connectivity index (χ0) is 21.8. The van der Waals surface area contributed by atoms with Gasteiger partial charge in [-0.1, -0.05) is 23.7 Å². The first-order valence-electron chi connectivity index (χ1n) is 11.1. The van der Waals surface area contributed by atoms with Gasteiger partial charge in [0.05, 0.1) is 5.41 Å².